The molecule has 18 heavy (non-hydrogen) atoms. The molecule has 0 bridgehead atoms. The summed E-state index contributed by atoms with van der Waals surface area (Å²) in [6.45, 7) is 2.08. The van der Waals surface area contributed by atoms with Gasteiger partial charge in [-0.15, -0.1) is 0 Å². The normalized spacial score (nSPS) is 19.3. The topological polar surface area (TPSA) is 173 Å². The van der Waals surface area contributed by atoms with Crippen LogP contribution in [0.5, 0.6) is 0 Å². The van der Waals surface area contributed by atoms with E-state index in [-0.39, 0.29) is 0 Å². The first-order valence-corrected chi connectivity index (χ1v) is 9.97. The summed E-state index contributed by atoms with van der Waals surface area (Å²) in [5.74, 6) is -1.24. The van der Waals surface area contributed by atoms with Gasteiger partial charge in [0.05, 0.1) is 17.5 Å². The maximum absolute atomic E-state index is 11.2. The Morgan fingerprint density at radius 2 is 1.22 bits per heavy atom. The summed E-state index contributed by atoms with van der Waals surface area (Å²) >= 11 is 0. The van der Waals surface area contributed by atoms with Gasteiger partial charge in [0.15, 0.2) is 0 Å². The summed E-state index contributed by atoms with van der Waals surface area (Å²) in [6, 6.07) is 0. The van der Waals surface area contributed by atoms with E-state index < -0.39 is 46.2 Å². The van der Waals surface area contributed by atoms with Crippen molar-refractivity contribution in [1.29, 1.82) is 0 Å². The molecule has 0 aliphatic rings. The van der Waals surface area contributed by atoms with Crippen LogP contribution in [0.25, 0.3) is 0 Å². The van der Waals surface area contributed by atoms with Crippen LogP contribution in [0.2, 0.25) is 0 Å². The minimum Gasteiger partial charge on any atom is -0.324 e. The molecule has 0 radical (unpaired) electrons. The molecular formula is C6H17O9P3. The first kappa shape index (κ1) is 18.4. The van der Waals surface area contributed by atoms with E-state index in [1.165, 1.54) is 0 Å². The molecule has 0 rings (SSSR count). The molecule has 3 unspecified atom stereocenters. The number of hydrogen-bond acceptors (Lipinski definition) is 3. The van der Waals surface area contributed by atoms with Crippen LogP contribution in [0.4, 0.5) is 0 Å². The van der Waals surface area contributed by atoms with Gasteiger partial charge >= 0.3 is 22.8 Å². The molecule has 110 valence electrons. The molecule has 0 amide bonds. The van der Waals surface area contributed by atoms with E-state index in [9.17, 15) is 13.7 Å². The fourth-order valence-electron chi connectivity index (χ4n) is 1.77. The van der Waals surface area contributed by atoms with Crippen molar-refractivity contribution in [3.8, 4) is 0 Å². The lowest BCUT2D eigenvalue weighted by atomic mass is 10.1. The first-order valence-electron chi connectivity index (χ1n) is 4.81. The third-order valence-electron chi connectivity index (χ3n) is 2.52. The Hall–Kier alpha value is 0.450. The molecule has 0 aliphatic heterocycles. The lowest BCUT2D eigenvalue weighted by molar-refractivity contribution is 0.309. The standard InChI is InChI=1S/C6H17O9P3/c1-4(3-16(7,8)9)6(18(13,14)15)5(2)17(10,11)12/h4-6H,3H2,1-2H3,(H2,7,8,9)(H2,10,11,12)(H2,13,14,15). The highest BCUT2D eigenvalue weighted by molar-refractivity contribution is 7.57. The molecule has 3 atom stereocenters. The third-order valence-corrected chi connectivity index (χ3v) is 6.92. The van der Waals surface area contributed by atoms with Gasteiger partial charge in [0.1, 0.15) is 0 Å². The average Bonchev–Trinajstić information content (AvgIpc) is 1.94. The van der Waals surface area contributed by atoms with Gasteiger partial charge in [-0.3, -0.25) is 13.7 Å². The van der Waals surface area contributed by atoms with E-state index >= 15 is 0 Å². The summed E-state index contributed by atoms with van der Waals surface area (Å²) in [4.78, 5) is 53.6. The monoisotopic (exact) mass is 326 g/mol. The SMILES string of the molecule is CC(CP(=O)(O)O)C(C(C)P(=O)(O)O)P(=O)(O)O. The Morgan fingerprint density at radius 1 is 0.833 bits per heavy atom. The predicted octanol–water partition coefficient (Wildman–Crippen LogP) is -0.0873. The maximum atomic E-state index is 11.2. The number of rotatable bonds is 6. The Bertz CT molecular complexity index is 416. The van der Waals surface area contributed by atoms with E-state index in [0.717, 1.165) is 13.8 Å². The minimum atomic E-state index is -4.91. The van der Waals surface area contributed by atoms with Gasteiger partial charge in [-0.05, 0) is 5.92 Å². The molecule has 9 nitrogen and oxygen atoms in total. The molecule has 0 saturated heterocycles. The molecule has 0 aromatic rings. The van der Waals surface area contributed by atoms with E-state index in [0.29, 0.717) is 0 Å². The summed E-state index contributed by atoms with van der Waals surface area (Å²) in [5, 5.41) is 0. The second-order valence-electron chi connectivity index (χ2n) is 4.23. The van der Waals surface area contributed by atoms with Crippen molar-refractivity contribution in [1.82, 2.24) is 0 Å². The van der Waals surface area contributed by atoms with Gasteiger partial charge in [-0.1, -0.05) is 13.8 Å². The lowest BCUT2D eigenvalue weighted by Gasteiger charge is -2.30. The van der Waals surface area contributed by atoms with Crippen LogP contribution in [0.3, 0.4) is 0 Å². The van der Waals surface area contributed by atoms with Crippen molar-refractivity contribution in [2.24, 2.45) is 5.92 Å². The Balaban J connectivity index is 5.34. The number of hydrogen-bond donors (Lipinski definition) is 6. The highest BCUT2D eigenvalue weighted by Gasteiger charge is 2.46. The van der Waals surface area contributed by atoms with Gasteiger partial charge < -0.3 is 29.4 Å². The molecule has 0 heterocycles. The van der Waals surface area contributed by atoms with Crippen molar-refractivity contribution in [2.75, 3.05) is 6.16 Å². The maximum Gasteiger partial charge on any atom is 0.329 e. The van der Waals surface area contributed by atoms with Crippen LogP contribution in [0.1, 0.15) is 13.8 Å². The van der Waals surface area contributed by atoms with Gasteiger partial charge in [0.2, 0.25) is 0 Å². The van der Waals surface area contributed by atoms with Crippen LogP contribution in [0.15, 0.2) is 0 Å². The first-order chi connectivity index (χ1) is 7.66. The summed E-state index contributed by atoms with van der Waals surface area (Å²) in [7, 11) is -14.2. The van der Waals surface area contributed by atoms with Gasteiger partial charge in [0.25, 0.3) is 0 Å². The second kappa shape index (κ2) is 5.83. The van der Waals surface area contributed by atoms with E-state index in [1.807, 2.05) is 0 Å². The van der Waals surface area contributed by atoms with Gasteiger partial charge in [0, 0.05) is 0 Å². The van der Waals surface area contributed by atoms with Crippen LogP contribution >= 0.6 is 22.8 Å². The lowest BCUT2D eigenvalue weighted by Crippen LogP contribution is -2.32. The zero-order valence-corrected chi connectivity index (χ0v) is 12.4. The highest BCUT2D eigenvalue weighted by atomic mass is 31.2. The summed E-state index contributed by atoms with van der Waals surface area (Å²) in [5.41, 5.74) is -3.51. The molecule has 6 N–H and O–H groups in total. The van der Waals surface area contributed by atoms with E-state index in [1.54, 1.807) is 0 Å². The molecular weight excluding hydrogens is 309 g/mol. The molecule has 0 aromatic carbocycles. The highest BCUT2D eigenvalue weighted by Crippen LogP contribution is 2.57. The Labute approximate surface area is 104 Å². The summed E-state index contributed by atoms with van der Waals surface area (Å²) in [6.07, 6.45) is -0.854. The van der Waals surface area contributed by atoms with Crippen molar-refractivity contribution < 1.29 is 43.1 Å². The van der Waals surface area contributed by atoms with Crippen LogP contribution in [-0.2, 0) is 13.7 Å². The van der Waals surface area contributed by atoms with Crippen molar-refractivity contribution in [2.45, 2.75) is 25.2 Å². The molecule has 0 spiro atoms. The Kier molecular flexibility index (Phi) is 5.98. The third kappa shape index (κ3) is 6.06. The largest absolute Gasteiger partial charge is 0.329 e. The van der Waals surface area contributed by atoms with E-state index in [2.05, 4.69) is 0 Å². The Morgan fingerprint density at radius 3 is 1.44 bits per heavy atom. The van der Waals surface area contributed by atoms with Crippen molar-refractivity contribution in [3.05, 3.63) is 0 Å². The fourth-order valence-corrected chi connectivity index (χ4v) is 5.98. The second-order valence-corrected chi connectivity index (χ2v) is 9.70. The van der Waals surface area contributed by atoms with Crippen molar-refractivity contribution >= 4 is 22.8 Å². The zero-order chi connectivity index (χ0) is 14.9. The quantitative estimate of drug-likeness (QED) is 0.365. The minimum absolute atomic E-state index is 0.854. The van der Waals surface area contributed by atoms with Crippen LogP contribution < -0.4 is 0 Å². The molecule has 12 heteroatoms. The van der Waals surface area contributed by atoms with Gasteiger partial charge in [-0.2, -0.15) is 0 Å². The summed E-state index contributed by atoms with van der Waals surface area (Å²) < 4.78 is 33.1. The zero-order valence-electron chi connectivity index (χ0n) is 9.69. The molecule has 0 aromatic heterocycles. The fraction of sp³-hybridized carbons (Fsp3) is 1.00. The molecule has 0 fully saturated rings. The molecule has 0 saturated carbocycles. The van der Waals surface area contributed by atoms with Crippen LogP contribution in [0, 0.1) is 5.92 Å². The molecule has 0 aliphatic carbocycles. The average molecular weight is 326 g/mol. The smallest absolute Gasteiger partial charge is 0.324 e. The predicted molar refractivity (Wildman–Crippen MR) is 63.4 cm³/mol. The van der Waals surface area contributed by atoms with Crippen molar-refractivity contribution in [3.63, 3.8) is 0 Å². The van der Waals surface area contributed by atoms with Gasteiger partial charge in [-0.25, -0.2) is 0 Å². The van der Waals surface area contributed by atoms with E-state index in [4.69, 9.17) is 29.4 Å². The van der Waals surface area contributed by atoms with Crippen LogP contribution in [-0.4, -0.2) is 46.8 Å².